The first-order chi connectivity index (χ1) is 19.2. The molecule has 2 aromatic carbocycles. The maximum Gasteiger partial charge on any atom is 0.270 e. The van der Waals surface area contributed by atoms with Crippen molar-refractivity contribution in [2.45, 2.75) is 26.1 Å². The third kappa shape index (κ3) is 5.45. The van der Waals surface area contributed by atoms with Crippen LogP contribution in [0.15, 0.2) is 59.0 Å². The van der Waals surface area contributed by atoms with Gasteiger partial charge in [0, 0.05) is 13.1 Å². The molecule has 0 fully saturated rings. The Hall–Kier alpha value is -4.91. The second-order valence-corrected chi connectivity index (χ2v) is 9.73. The molecular formula is C27H24FN5O6S. The van der Waals surface area contributed by atoms with E-state index in [-0.39, 0.29) is 41.9 Å². The van der Waals surface area contributed by atoms with Crippen molar-refractivity contribution in [2.24, 2.45) is 5.73 Å². The quantitative estimate of drug-likeness (QED) is 0.278. The number of nitrogens with zero attached hydrogens (tertiary/aromatic N) is 2. The lowest BCUT2D eigenvalue weighted by atomic mass is 10.1. The van der Waals surface area contributed by atoms with Crippen molar-refractivity contribution in [3.05, 3.63) is 93.6 Å². The van der Waals surface area contributed by atoms with Crippen LogP contribution in [-0.2, 0) is 17.9 Å². The van der Waals surface area contributed by atoms with E-state index in [1.807, 2.05) is 0 Å². The Kier molecular flexibility index (Phi) is 7.38. The van der Waals surface area contributed by atoms with Crippen LogP contribution in [0.1, 0.15) is 48.8 Å². The zero-order valence-electron chi connectivity index (χ0n) is 21.2. The number of hydrogen-bond acceptors (Lipinski definition) is 9. The minimum Gasteiger partial charge on any atom is -0.464 e. The lowest BCUT2D eigenvalue weighted by molar-refractivity contribution is -0.126. The van der Waals surface area contributed by atoms with Gasteiger partial charge >= 0.3 is 0 Å². The standard InChI is InChI=1S/C27H24FN5O6S/c1-14-2-8-19(39-14)23(26(35)31-11-15-3-6-17(28)7-4-15)33(12-16-5-9-18-20(10-16)38-13-37-18)27(36)24-21(29)22(25(30)34)32-40-24/h2-10,23H,11-13,29H2,1H3,(H2,30,34)(H,31,35)/t23-/m0/s1. The molecule has 3 heterocycles. The average molecular weight is 566 g/mol. The third-order valence-electron chi connectivity index (χ3n) is 6.18. The zero-order valence-corrected chi connectivity index (χ0v) is 22.0. The van der Waals surface area contributed by atoms with Crippen LogP contribution in [0.4, 0.5) is 10.1 Å². The van der Waals surface area contributed by atoms with Crippen molar-refractivity contribution in [1.29, 1.82) is 0 Å². The number of fused-ring (bicyclic) bond motifs is 1. The highest BCUT2D eigenvalue weighted by molar-refractivity contribution is 7.09. The summed E-state index contributed by atoms with van der Waals surface area (Å²) < 4.78 is 34.0. The number of nitrogen functional groups attached to an aromatic ring is 1. The van der Waals surface area contributed by atoms with Crippen molar-refractivity contribution in [2.75, 3.05) is 12.5 Å². The number of nitrogens with two attached hydrogens (primary N) is 2. The van der Waals surface area contributed by atoms with E-state index < -0.39 is 29.6 Å². The molecule has 0 spiro atoms. The SMILES string of the molecule is Cc1ccc([C@@H](C(=O)NCc2ccc(F)cc2)N(Cc2ccc3c(c2)OCO3)C(=O)c2snc(C(N)=O)c2N)o1. The van der Waals surface area contributed by atoms with Gasteiger partial charge in [-0.25, -0.2) is 4.39 Å². The van der Waals surface area contributed by atoms with Gasteiger partial charge in [0.2, 0.25) is 6.79 Å². The molecule has 3 amide bonds. The number of carbonyl (C=O) groups excluding carboxylic acids is 3. The number of hydrogen-bond donors (Lipinski definition) is 3. The molecule has 1 aliphatic heterocycles. The first-order valence-electron chi connectivity index (χ1n) is 12.0. The lowest BCUT2D eigenvalue weighted by Crippen LogP contribution is -2.43. The number of anilines is 1. The smallest absolute Gasteiger partial charge is 0.270 e. The fourth-order valence-corrected chi connectivity index (χ4v) is 4.95. The van der Waals surface area contributed by atoms with Gasteiger partial charge in [-0.05, 0) is 66.0 Å². The summed E-state index contributed by atoms with van der Waals surface area (Å²) in [5.74, 6) is -0.764. The Morgan fingerprint density at radius 3 is 2.48 bits per heavy atom. The molecule has 5 N–H and O–H groups in total. The van der Waals surface area contributed by atoms with Crippen molar-refractivity contribution >= 4 is 34.9 Å². The number of benzene rings is 2. The first kappa shape index (κ1) is 26.7. The second kappa shape index (κ2) is 11.1. The summed E-state index contributed by atoms with van der Waals surface area (Å²) >= 11 is 0.703. The number of furan rings is 1. The van der Waals surface area contributed by atoms with Crippen LogP contribution < -0.4 is 26.3 Å². The van der Waals surface area contributed by atoms with Gasteiger partial charge in [0.05, 0.1) is 5.69 Å². The van der Waals surface area contributed by atoms with E-state index in [0.717, 1.165) is 0 Å². The normalized spacial score (nSPS) is 12.7. The van der Waals surface area contributed by atoms with E-state index in [4.69, 9.17) is 25.4 Å². The van der Waals surface area contributed by atoms with Crippen LogP contribution in [0.5, 0.6) is 11.5 Å². The molecule has 4 aromatic rings. The van der Waals surface area contributed by atoms with Crippen LogP contribution in [0.2, 0.25) is 0 Å². The van der Waals surface area contributed by atoms with Crippen molar-refractivity contribution in [3.63, 3.8) is 0 Å². The fourth-order valence-electron chi connectivity index (χ4n) is 4.19. The van der Waals surface area contributed by atoms with Crippen LogP contribution in [0.25, 0.3) is 0 Å². The van der Waals surface area contributed by atoms with Crippen LogP contribution >= 0.6 is 11.5 Å². The molecule has 0 radical (unpaired) electrons. The van der Waals surface area contributed by atoms with Crippen molar-refractivity contribution < 1.29 is 32.7 Å². The third-order valence-corrected chi connectivity index (χ3v) is 7.03. The number of carbonyl (C=O) groups is 3. The van der Waals surface area contributed by atoms with Crippen LogP contribution in [-0.4, -0.2) is 33.8 Å². The fraction of sp³-hybridized carbons (Fsp3) is 0.185. The Morgan fingerprint density at radius 2 is 1.80 bits per heavy atom. The molecule has 0 bridgehead atoms. The number of aryl methyl sites for hydroxylation is 1. The van der Waals surface area contributed by atoms with Crippen LogP contribution in [0.3, 0.4) is 0 Å². The number of aromatic nitrogens is 1. The van der Waals surface area contributed by atoms with E-state index in [9.17, 15) is 18.8 Å². The molecule has 40 heavy (non-hydrogen) atoms. The minimum absolute atomic E-state index is 0.0610. The highest BCUT2D eigenvalue weighted by atomic mass is 32.1. The topological polar surface area (TPSA) is 163 Å². The molecule has 0 saturated carbocycles. The summed E-state index contributed by atoms with van der Waals surface area (Å²) in [7, 11) is 0. The second-order valence-electron chi connectivity index (χ2n) is 8.95. The number of nitrogens with one attached hydrogen (secondary N) is 1. The van der Waals surface area contributed by atoms with Gasteiger partial charge in [0.15, 0.2) is 23.2 Å². The molecule has 2 aromatic heterocycles. The molecule has 1 aliphatic rings. The highest BCUT2D eigenvalue weighted by Gasteiger charge is 2.37. The molecule has 5 rings (SSSR count). The number of ether oxygens (including phenoxy) is 2. The molecule has 11 nitrogen and oxygen atoms in total. The van der Waals surface area contributed by atoms with Gasteiger partial charge in [0.1, 0.15) is 22.2 Å². The maximum absolute atomic E-state index is 14.0. The van der Waals surface area contributed by atoms with Crippen LogP contribution in [0, 0.1) is 12.7 Å². The Morgan fingerprint density at radius 1 is 1.07 bits per heavy atom. The predicted molar refractivity (Wildman–Crippen MR) is 142 cm³/mol. The van der Waals surface area contributed by atoms with E-state index in [2.05, 4.69) is 9.69 Å². The summed E-state index contributed by atoms with van der Waals surface area (Å²) in [6.07, 6.45) is 0. The van der Waals surface area contributed by atoms with E-state index >= 15 is 0 Å². The van der Waals surface area contributed by atoms with Crippen molar-refractivity contribution in [1.82, 2.24) is 14.6 Å². The van der Waals surface area contributed by atoms with Gasteiger partial charge in [-0.2, -0.15) is 4.37 Å². The molecule has 0 unspecified atom stereocenters. The Bertz CT molecular complexity index is 1580. The highest BCUT2D eigenvalue weighted by Crippen LogP contribution is 2.35. The summed E-state index contributed by atoms with van der Waals surface area (Å²) in [5, 5.41) is 2.80. The number of amides is 3. The number of rotatable bonds is 9. The summed E-state index contributed by atoms with van der Waals surface area (Å²) in [4.78, 5) is 40.7. The minimum atomic E-state index is -1.26. The summed E-state index contributed by atoms with van der Waals surface area (Å²) in [6, 6.07) is 12.8. The number of primary amides is 1. The molecule has 13 heteroatoms. The Balaban J connectivity index is 1.54. The molecule has 206 valence electrons. The maximum atomic E-state index is 14.0. The summed E-state index contributed by atoms with van der Waals surface area (Å²) in [6.45, 7) is 1.76. The predicted octanol–water partition coefficient (Wildman–Crippen LogP) is 3.29. The van der Waals surface area contributed by atoms with Gasteiger partial charge < -0.3 is 35.6 Å². The zero-order chi connectivity index (χ0) is 28.4. The number of halogens is 1. The molecule has 1 atom stereocenters. The summed E-state index contributed by atoms with van der Waals surface area (Å²) in [5.41, 5.74) is 12.3. The van der Waals surface area contributed by atoms with E-state index in [0.29, 0.717) is 39.9 Å². The average Bonchev–Trinajstić information content (AvgIpc) is 3.67. The Labute approximate surface area is 231 Å². The van der Waals surface area contributed by atoms with Crippen molar-refractivity contribution in [3.8, 4) is 11.5 Å². The lowest BCUT2D eigenvalue weighted by Gasteiger charge is -2.30. The van der Waals surface area contributed by atoms with E-state index in [1.54, 1.807) is 49.4 Å². The largest absolute Gasteiger partial charge is 0.464 e. The monoisotopic (exact) mass is 565 g/mol. The first-order valence-corrected chi connectivity index (χ1v) is 12.8. The molecule has 0 aliphatic carbocycles. The van der Waals surface area contributed by atoms with Gasteiger partial charge in [-0.15, -0.1) is 0 Å². The van der Waals surface area contributed by atoms with Gasteiger partial charge in [0.25, 0.3) is 17.7 Å². The molecular weight excluding hydrogens is 541 g/mol. The van der Waals surface area contributed by atoms with Gasteiger partial charge in [-0.3, -0.25) is 14.4 Å². The van der Waals surface area contributed by atoms with Gasteiger partial charge in [-0.1, -0.05) is 18.2 Å². The van der Waals surface area contributed by atoms with E-state index in [1.165, 1.54) is 17.0 Å². The molecule has 0 saturated heterocycles.